The lowest BCUT2D eigenvalue weighted by Gasteiger charge is -2.37. The minimum Gasteiger partial charge on any atom is -0.460 e. The molecular formula is C22H34O7. The van der Waals surface area contributed by atoms with Crippen LogP contribution in [0.1, 0.15) is 72.6 Å². The lowest BCUT2D eigenvalue weighted by atomic mass is 9.80. The van der Waals surface area contributed by atoms with E-state index in [2.05, 4.69) is 6.58 Å². The topological polar surface area (TPSA) is 106 Å². The zero-order valence-electron chi connectivity index (χ0n) is 17.9. The zero-order chi connectivity index (χ0) is 21.6. The third kappa shape index (κ3) is 4.67. The quantitative estimate of drug-likeness (QED) is 0.388. The van der Waals surface area contributed by atoms with E-state index in [0.717, 1.165) is 0 Å². The first-order valence-electron chi connectivity index (χ1n) is 10.5. The molecular weight excluding hydrogens is 376 g/mol. The number of carbonyl (C=O) groups excluding carboxylic acids is 2. The molecule has 2 bridgehead atoms. The highest BCUT2D eigenvalue weighted by molar-refractivity contribution is 5.89. The van der Waals surface area contributed by atoms with Gasteiger partial charge in [-0.1, -0.05) is 6.58 Å². The zero-order valence-corrected chi connectivity index (χ0v) is 17.9. The molecule has 2 saturated heterocycles. The van der Waals surface area contributed by atoms with E-state index in [1.165, 1.54) is 6.92 Å². The van der Waals surface area contributed by atoms with Gasteiger partial charge in [-0.25, -0.2) is 4.79 Å². The molecule has 164 valence electrons. The first kappa shape index (κ1) is 22.2. The normalized spacial score (nSPS) is 46.1. The summed E-state index contributed by atoms with van der Waals surface area (Å²) in [6.07, 6.45) is 1.64. The van der Waals surface area contributed by atoms with Crippen molar-refractivity contribution in [3.8, 4) is 0 Å². The van der Waals surface area contributed by atoms with Crippen LogP contribution in [-0.4, -0.2) is 57.3 Å². The summed E-state index contributed by atoms with van der Waals surface area (Å²) < 4.78 is 17.1. The standard InChI is InChI=1S/C22H34O7/c1-13-15-6-10-21(4,29-19(13)25)16(24)7-9-20(3,26)17(27-14(2)23)8-11-22(5)18(12-15)28-22/h15-18,24,26H,1,6-12H2,2-5H3/t15-,16-,17-,18+,20+,21-,22+/m1/s1. The summed E-state index contributed by atoms with van der Waals surface area (Å²) in [5.74, 6) is -0.988. The number of carbonyl (C=O) groups is 2. The van der Waals surface area contributed by atoms with Crippen molar-refractivity contribution >= 4 is 11.9 Å². The van der Waals surface area contributed by atoms with Crippen LogP contribution in [0, 0.1) is 5.92 Å². The molecule has 0 spiro atoms. The SMILES string of the molecule is C=C1C(=O)O[C@]2(C)CC[C@@H]1C[C@@H]1O[C@@]1(C)CC[C@@H](OC(C)=O)[C@@](C)(O)CC[C@H]2O. The van der Waals surface area contributed by atoms with Gasteiger partial charge in [0.2, 0.25) is 0 Å². The largest absolute Gasteiger partial charge is 0.460 e. The second-order valence-corrected chi connectivity index (χ2v) is 9.67. The monoisotopic (exact) mass is 410 g/mol. The third-order valence-corrected chi connectivity index (χ3v) is 7.14. The molecule has 2 N–H and O–H groups in total. The van der Waals surface area contributed by atoms with Gasteiger partial charge in [0.1, 0.15) is 11.7 Å². The third-order valence-electron chi connectivity index (χ3n) is 7.14. The van der Waals surface area contributed by atoms with Crippen LogP contribution in [0.4, 0.5) is 0 Å². The number of hydrogen-bond acceptors (Lipinski definition) is 7. The number of aliphatic hydroxyl groups is 2. The summed E-state index contributed by atoms with van der Waals surface area (Å²) in [7, 11) is 0. The number of aliphatic hydroxyl groups excluding tert-OH is 1. The van der Waals surface area contributed by atoms with Crippen molar-refractivity contribution in [3.05, 3.63) is 12.2 Å². The van der Waals surface area contributed by atoms with Crippen LogP contribution in [0.25, 0.3) is 0 Å². The van der Waals surface area contributed by atoms with Crippen molar-refractivity contribution < 1.29 is 34.0 Å². The Bertz CT molecular complexity index is 687. The fourth-order valence-corrected chi connectivity index (χ4v) is 4.70. The Balaban J connectivity index is 1.89. The molecule has 7 nitrogen and oxygen atoms in total. The summed E-state index contributed by atoms with van der Waals surface area (Å²) in [6.45, 7) is 10.6. The maximum atomic E-state index is 12.6. The van der Waals surface area contributed by atoms with Crippen LogP contribution in [-0.2, 0) is 23.8 Å². The van der Waals surface area contributed by atoms with Gasteiger partial charge < -0.3 is 24.4 Å². The Morgan fingerprint density at radius 2 is 1.79 bits per heavy atom. The Hall–Kier alpha value is -1.44. The first-order chi connectivity index (χ1) is 13.4. The van der Waals surface area contributed by atoms with E-state index >= 15 is 0 Å². The Morgan fingerprint density at radius 1 is 1.14 bits per heavy atom. The van der Waals surface area contributed by atoms with Crippen LogP contribution in [0.3, 0.4) is 0 Å². The fraction of sp³-hybridized carbons (Fsp3) is 0.818. The summed E-state index contributed by atoms with van der Waals surface area (Å²) in [4.78, 5) is 24.2. The van der Waals surface area contributed by atoms with Crippen molar-refractivity contribution in [2.45, 2.75) is 108 Å². The second kappa shape index (κ2) is 7.67. The maximum absolute atomic E-state index is 12.6. The summed E-state index contributed by atoms with van der Waals surface area (Å²) >= 11 is 0. The average molecular weight is 411 g/mol. The molecule has 29 heavy (non-hydrogen) atoms. The molecule has 0 radical (unpaired) electrons. The van der Waals surface area contributed by atoms with Crippen LogP contribution in [0.5, 0.6) is 0 Å². The molecule has 0 unspecified atom stereocenters. The highest BCUT2D eigenvalue weighted by Gasteiger charge is 2.54. The van der Waals surface area contributed by atoms with Crippen molar-refractivity contribution in [1.29, 1.82) is 0 Å². The van der Waals surface area contributed by atoms with E-state index in [4.69, 9.17) is 14.2 Å². The minimum absolute atomic E-state index is 0.0304. The van der Waals surface area contributed by atoms with Gasteiger partial charge in [-0.05, 0) is 71.6 Å². The molecule has 0 aromatic rings. The van der Waals surface area contributed by atoms with Gasteiger partial charge in [0.05, 0.1) is 23.4 Å². The molecule has 0 aromatic carbocycles. The molecule has 0 aromatic heterocycles. The molecule has 3 rings (SSSR count). The molecule has 2 aliphatic heterocycles. The lowest BCUT2D eigenvalue weighted by Crippen LogP contribution is -2.47. The molecule has 1 saturated carbocycles. The first-order valence-corrected chi connectivity index (χ1v) is 10.5. The highest BCUT2D eigenvalue weighted by Crippen LogP contribution is 2.48. The summed E-state index contributed by atoms with van der Waals surface area (Å²) in [5.41, 5.74) is -2.33. The Morgan fingerprint density at radius 3 is 2.45 bits per heavy atom. The predicted octanol–water partition coefficient (Wildman–Crippen LogP) is 2.42. The molecule has 1 aliphatic carbocycles. The van der Waals surface area contributed by atoms with Crippen LogP contribution in [0.2, 0.25) is 0 Å². The van der Waals surface area contributed by atoms with Gasteiger partial charge in [0.15, 0.2) is 0 Å². The van der Waals surface area contributed by atoms with Gasteiger partial charge >= 0.3 is 11.9 Å². The van der Waals surface area contributed by atoms with E-state index in [1.54, 1.807) is 13.8 Å². The van der Waals surface area contributed by atoms with Crippen molar-refractivity contribution in [1.82, 2.24) is 0 Å². The Labute approximate surface area is 172 Å². The molecule has 7 atom stereocenters. The number of esters is 2. The molecule has 0 amide bonds. The van der Waals surface area contributed by atoms with Crippen LogP contribution >= 0.6 is 0 Å². The summed E-state index contributed by atoms with van der Waals surface area (Å²) in [6, 6.07) is 0. The van der Waals surface area contributed by atoms with Crippen LogP contribution < -0.4 is 0 Å². The van der Waals surface area contributed by atoms with E-state index in [1.807, 2.05) is 6.92 Å². The Kier molecular flexibility index (Phi) is 5.89. The molecule has 2 heterocycles. The number of ether oxygens (including phenoxy) is 3. The van der Waals surface area contributed by atoms with Gasteiger partial charge in [-0.3, -0.25) is 4.79 Å². The van der Waals surface area contributed by atoms with Gasteiger partial charge in [-0.15, -0.1) is 0 Å². The fourth-order valence-electron chi connectivity index (χ4n) is 4.70. The smallest absolute Gasteiger partial charge is 0.334 e. The lowest BCUT2D eigenvalue weighted by molar-refractivity contribution is -0.172. The van der Waals surface area contributed by atoms with Gasteiger partial charge in [-0.2, -0.15) is 0 Å². The molecule has 3 fully saturated rings. The van der Waals surface area contributed by atoms with E-state index in [0.29, 0.717) is 37.7 Å². The maximum Gasteiger partial charge on any atom is 0.334 e. The second-order valence-electron chi connectivity index (χ2n) is 9.67. The van der Waals surface area contributed by atoms with Crippen molar-refractivity contribution in [3.63, 3.8) is 0 Å². The number of hydrogen-bond donors (Lipinski definition) is 2. The molecule has 3 aliphatic rings. The van der Waals surface area contributed by atoms with Crippen LogP contribution in [0.15, 0.2) is 12.2 Å². The minimum atomic E-state index is -1.32. The predicted molar refractivity (Wildman–Crippen MR) is 105 cm³/mol. The van der Waals surface area contributed by atoms with Crippen molar-refractivity contribution in [2.24, 2.45) is 5.92 Å². The number of rotatable bonds is 1. The average Bonchev–Trinajstić information content (AvgIpc) is 3.29. The van der Waals surface area contributed by atoms with E-state index in [9.17, 15) is 19.8 Å². The summed E-state index contributed by atoms with van der Waals surface area (Å²) in [5, 5.41) is 21.9. The van der Waals surface area contributed by atoms with Crippen molar-refractivity contribution in [2.75, 3.05) is 0 Å². The van der Waals surface area contributed by atoms with Gasteiger partial charge in [0, 0.05) is 12.5 Å². The molecule has 7 heteroatoms. The highest BCUT2D eigenvalue weighted by atomic mass is 16.6. The number of fused-ring (bicyclic) bond motifs is 4. The van der Waals surface area contributed by atoms with E-state index < -0.39 is 35.3 Å². The van der Waals surface area contributed by atoms with E-state index in [-0.39, 0.29) is 30.5 Å². The number of epoxide rings is 1. The van der Waals surface area contributed by atoms with Gasteiger partial charge in [0.25, 0.3) is 0 Å².